The van der Waals surface area contributed by atoms with Gasteiger partial charge in [-0.05, 0) is 28.0 Å². The molecule has 0 radical (unpaired) electrons. The minimum absolute atomic E-state index is 0.150. The molecule has 5 nitrogen and oxygen atoms in total. The van der Waals surface area contributed by atoms with E-state index in [2.05, 4.69) is 5.32 Å². The highest BCUT2D eigenvalue weighted by Crippen LogP contribution is 2.35. The molecule has 0 saturated heterocycles. The molecule has 0 aliphatic heterocycles. The number of nitrogens with two attached hydrogens (primary N) is 1. The van der Waals surface area contributed by atoms with E-state index in [0.717, 1.165) is 0 Å². The molecular weight excluding hydrogens is 311 g/mol. The van der Waals surface area contributed by atoms with Crippen LogP contribution in [0.3, 0.4) is 0 Å². The molecule has 2 amide bonds. The maximum Gasteiger partial charge on any atom is 0.406 e. The third-order valence-electron chi connectivity index (χ3n) is 1.59. The van der Waals surface area contributed by atoms with Gasteiger partial charge in [-0.3, -0.25) is 4.79 Å². The second-order valence-corrected chi connectivity index (χ2v) is 6.21. The minimum Gasteiger partial charge on any atom is -0.422 e. The summed E-state index contributed by atoms with van der Waals surface area (Å²) in [6.45, 7) is 5.86. The number of carbonyl (C=O) groups excluding carboxylic acids is 2. The Morgan fingerprint density at radius 2 is 1.87 bits per heavy atom. The summed E-state index contributed by atoms with van der Waals surface area (Å²) in [5.74, 6) is -0.364. The lowest BCUT2D eigenvalue weighted by atomic mass is 9.89. The van der Waals surface area contributed by atoms with Gasteiger partial charge in [0.2, 0.25) is 3.61 Å². The number of primary amides is 1. The van der Waals surface area contributed by atoms with Gasteiger partial charge >= 0.3 is 6.09 Å². The Hall–Kier alpha value is -0.530. The fourth-order valence-electron chi connectivity index (χ4n) is 1.19. The molecule has 0 aromatic heterocycles. The van der Waals surface area contributed by atoms with E-state index in [0.29, 0.717) is 6.42 Å². The summed E-state index contributed by atoms with van der Waals surface area (Å²) in [6, 6.07) is 0. The second-order valence-electron chi connectivity index (χ2n) is 4.47. The van der Waals surface area contributed by atoms with Crippen LogP contribution in [0.1, 0.15) is 27.2 Å². The van der Waals surface area contributed by atoms with E-state index in [1.807, 2.05) is 20.8 Å². The van der Waals surface area contributed by atoms with Gasteiger partial charge in [-0.25, -0.2) is 4.79 Å². The van der Waals surface area contributed by atoms with Crippen molar-refractivity contribution in [3.63, 3.8) is 0 Å². The maximum atomic E-state index is 11.6. The largest absolute Gasteiger partial charge is 0.422 e. The zero-order chi connectivity index (χ0) is 12.3. The molecule has 0 aromatic rings. The topological polar surface area (TPSA) is 81.4 Å². The van der Waals surface area contributed by atoms with Gasteiger partial charge < -0.3 is 15.8 Å². The summed E-state index contributed by atoms with van der Waals surface area (Å²) in [7, 11) is 1.49. The Kier molecular flexibility index (Phi) is 4.82. The average molecular weight is 328 g/mol. The van der Waals surface area contributed by atoms with Gasteiger partial charge in [-0.2, -0.15) is 0 Å². The Morgan fingerprint density at radius 1 is 1.40 bits per heavy atom. The predicted octanol–water partition coefficient (Wildman–Crippen LogP) is 1.40. The van der Waals surface area contributed by atoms with Crippen molar-refractivity contribution in [2.75, 3.05) is 7.05 Å². The number of nitrogens with one attached hydrogen (secondary N) is 1. The van der Waals surface area contributed by atoms with Crippen molar-refractivity contribution >= 4 is 34.6 Å². The van der Waals surface area contributed by atoms with Crippen molar-refractivity contribution in [2.45, 2.75) is 30.8 Å². The number of hydrogen-bond donors (Lipinski definition) is 2. The minimum atomic E-state index is -1.24. The highest BCUT2D eigenvalue weighted by Gasteiger charge is 2.42. The number of rotatable bonds is 3. The SMILES string of the molecule is CNC(=O)C(I)(CC(C)(C)C)OC(N)=O. The van der Waals surface area contributed by atoms with Crippen molar-refractivity contribution in [3.8, 4) is 0 Å². The van der Waals surface area contributed by atoms with Crippen LogP contribution < -0.4 is 11.1 Å². The number of hydrogen-bond acceptors (Lipinski definition) is 3. The quantitative estimate of drug-likeness (QED) is 0.607. The van der Waals surface area contributed by atoms with Gasteiger partial charge in [-0.15, -0.1) is 0 Å². The molecule has 0 spiro atoms. The fraction of sp³-hybridized carbons (Fsp3) is 0.778. The van der Waals surface area contributed by atoms with Gasteiger partial charge in [0.25, 0.3) is 5.91 Å². The van der Waals surface area contributed by atoms with E-state index in [4.69, 9.17) is 10.5 Å². The molecule has 6 heteroatoms. The summed E-state index contributed by atoms with van der Waals surface area (Å²) in [5.41, 5.74) is 4.79. The molecule has 0 aliphatic carbocycles. The number of carbonyl (C=O) groups is 2. The lowest BCUT2D eigenvalue weighted by Crippen LogP contribution is -2.47. The Labute approximate surface area is 103 Å². The summed E-state index contributed by atoms with van der Waals surface area (Å²) < 4.78 is 3.64. The van der Waals surface area contributed by atoms with Crippen molar-refractivity contribution < 1.29 is 14.3 Å². The number of amides is 2. The number of ether oxygens (including phenoxy) is 1. The van der Waals surface area contributed by atoms with Crippen LogP contribution in [-0.2, 0) is 9.53 Å². The molecule has 15 heavy (non-hydrogen) atoms. The van der Waals surface area contributed by atoms with Crippen molar-refractivity contribution in [3.05, 3.63) is 0 Å². The Morgan fingerprint density at radius 3 is 2.13 bits per heavy atom. The molecule has 0 aliphatic rings. The van der Waals surface area contributed by atoms with Gasteiger partial charge in [-0.1, -0.05) is 20.8 Å². The monoisotopic (exact) mass is 328 g/mol. The van der Waals surface area contributed by atoms with E-state index in [-0.39, 0.29) is 11.3 Å². The Balaban J connectivity index is 4.86. The zero-order valence-electron chi connectivity index (χ0n) is 9.39. The van der Waals surface area contributed by atoms with Crippen LogP contribution in [0, 0.1) is 5.41 Å². The van der Waals surface area contributed by atoms with Crippen LogP contribution in [-0.4, -0.2) is 22.7 Å². The smallest absolute Gasteiger partial charge is 0.406 e. The average Bonchev–Trinajstić information content (AvgIpc) is 1.97. The third kappa shape index (κ3) is 5.19. The highest BCUT2D eigenvalue weighted by molar-refractivity contribution is 14.1. The summed E-state index contributed by atoms with van der Waals surface area (Å²) in [6.07, 6.45) is -0.555. The van der Waals surface area contributed by atoms with E-state index >= 15 is 0 Å². The molecule has 1 atom stereocenters. The molecule has 88 valence electrons. The fourth-order valence-corrected chi connectivity index (χ4v) is 2.82. The lowest BCUT2D eigenvalue weighted by molar-refractivity contribution is -0.131. The number of halogens is 1. The molecular formula is C9H17IN2O3. The first-order chi connectivity index (χ1) is 6.60. The first-order valence-corrected chi connectivity index (χ1v) is 5.58. The lowest BCUT2D eigenvalue weighted by Gasteiger charge is -2.31. The van der Waals surface area contributed by atoms with E-state index < -0.39 is 9.70 Å². The number of likely N-dealkylation sites (N-methyl/N-ethyl adjacent to an activating group) is 1. The molecule has 0 fully saturated rings. The predicted molar refractivity (Wildman–Crippen MR) is 65.6 cm³/mol. The molecule has 0 heterocycles. The van der Waals surface area contributed by atoms with E-state index in [1.54, 1.807) is 22.6 Å². The third-order valence-corrected chi connectivity index (χ3v) is 2.68. The van der Waals surface area contributed by atoms with E-state index in [9.17, 15) is 9.59 Å². The molecule has 0 saturated carbocycles. The number of alkyl halides is 1. The molecule has 3 N–H and O–H groups in total. The van der Waals surface area contributed by atoms with Crippen LogP contribution in [0.4, 0.5) is 4.79 Å². The summed E-state index contributed by atoms with van der Waals surface area (Å²) in [4.78, 5) is 22.3. The summed E-state index contributed by atoms with van der Waals surface area (Å²) >= 11 is 1.81. The maximum absolute atomic E-state index is 11.6. The zero-order valence-corrected chi connectivity index (χ0v) is 11.5. The van der Waals surface area contributed by atoms with Gasteiger partial charge in [0, 0.05) is 13.5 Å². The van der Waals surface area contributed by atoms with Crippen molar-refractivity contribution in [1.82, 2.24) is 5.32 Å². The normalized spacial score (nSPS) is 15.3. The second kappa shape index (κ2) is 5.00. The van der Waals surface area contributed by atoms with Gasteiger partial charge in [0.15, 0.2) is 0 Å². The van der Waals surface area contributed by atoms with Crippen LogP contribution >= 0.6 is 22.6 Å². The first-order valence-electron chi connectivity index (χ1n) is 4.50. The molecule has 0 aromatic carbocycles. The van der Waals surface area contributed by atoms with Crippen LogP contribution in [0.5, 0.6) is 0 Å². The summed E-state index contributed by atoms with van der Waals surface area (Å²) in [5, 5.41) is 2.45. The standard InChI is InChI=1S/C9H17IN2O3/c1-8(2,3)5-9(10,6(13)12-4)15-7(11)14/h5H2,1-4H3,(H2,11,14)(H,12,13). The van der Waals surface area contributed by atoms with E-state index in [1.165, 1.54) is 7.05 Å². The molecule has 0 rings (SSSR count). The van der Waals surface area contributed by atoms with Gasteiger partial charge in [0.1, 0.15) is 0 Å². The van der Waals surface area contributed by atoms with Crippen LogP contribution in [0.15, 0.2) is 0 Å². The highest BCUT2D eigenvalue weighted by atomic mass is 127. The van der Waals surface area contributed by atoms with Crippen molar-refractivity contribution in [2.24, 2.45) is 11.1 Å². The van der Waals surface area contributed by atoms with Crippen LogP contribution in [0.2, 0.25) is 0 Å². The first kappa shape index (κ1) is 14.5. The van der Waals surface area contributed by atoms with Gasteiger partial charge in [0.05, 0.1) is 0 Å². The molecule has 0 bridgehead atoms. The van der Waals surface area contributed by atoms with Crippen LogP contribution in [0.25, 0.3) is 0 Å². The molecule has 1 unspecified atom stereocenters. The Bertz CT molecular complexity index is 263. The van der Waals surface area contributed by atoms with Crippen molar-refractivity contribution in [1.29, 1.82) is 0 Å².